The molecule has 0 bridgehead atoms. The van der Waals surface area contributed by atoms with E-state index in [0.29, 0.717) is 17.8 Å². The van der Waals surface area contributed by atoms with Gasteiger partial charge in [0.1, 0.15) is 0 Å². The number of ether oxygens (including phenoxy) is 1. The molecule has 1 aromatic carbocycles. The van der Waals surface area contributed by atoms with Crippen LogP contribution < -0.4 is 5.32 Å². The van der Waals surface area contributed by atoms with E-state index in [0.717, 1.165) is 22.8 Å². The molecule has 8 heteroatoms. The number of aliphatic imine (C=N–C) groups is 1. The van der Waals surface area contributed by atoms with Crippen LogP contribution in [0, 0.1) is 0 Å². The van der Waals surface area contributed by atoms with Crippen molar-refractivity contribution in [3.8, 4) is 0 Å². The van der Waals surface area contributed by atoms with Crippen LogP contribution in [0.25, 0.3) is 0 Å². The number of thiophene rings is 1. The highest BCUT2D eigenvalue weighted by atomic mass is 32.2. The highest BCUT2D eigenvalue weighted by Crippen LogP contribution is 2.45. The van der Waals surface area contributed by atoms with E-state index in [2.05, 4.69) is 10.3 Å². The molecule has 4 rings (SSSR count). The molecule has 0 aliphatic carbocycles. The molecule has 2 aromatic rings. The number of nitrogens with one attached hydrogen (secondary N) is 1. The molecule has 0 saturated heterocycles. The monoisotopic (exact) mass is 453 g/mol. The molecule has 0 fully saturated rings. The Morgan fingerprint density at radius 1 is 1.23 bits per heavy atom. The number of carbonyl (C=O) groups is 2. The zero-order valence-electron chi connectivity index (χ0n) is 17.3. The standard InChI is InChI=1S/C23H23N3O3S2/c1-15-20(22(28)29-2)21(17-9-11-30-13-17)26-18(14-31-23(26)25-15)12-19(27)24-10-8-16-6-4-3-5-7-16/h3-7,9,11,13-14,21H,8,10,12H2,1-2H3,(H,24,27). The topological polar surface area (TPSA) is 71.0 Å². The number of nitrogens with zero attached hydrogens (tertiary/aromatic N) is 2. The number of benzene rings is 1. The maximum absolute atomic E-state index is 12.7. The van der Waals surface area contributed by atoms with Gasteiger partial charge in [-0.25, -0.2) is 9.79 Å². The van der Waals surface area contributed by atoms with Crippen LogP contribution in [-0.2, 0) is 20.7 Å². The second-order valence-electron chi connectivity index (χ2n) is 7.20. The molecule has 3 heterocycles. The number of hydrogen-bond acceptors (Lipinski definition) is 7. The summed E-state index contributed by atoms with van der Waals surface area (Å²) in [5.41, 5.74) is 4.14. The lowest BCUT2D eigenvalue weighted by atomic mass is 9.96. The molecule has 2 aliphatic rings. The van der Waals surface area contributed by atoms with Crippen LogP contribution in [0.4, 0.5) is 0 Å². The molecule has 1 amide bonds. The fourth-order valence-corrected chi connectivity index (χ4v) is 5.35. The summed E-state index contributed by atoms with van der Waals surface area (Å²) in [5, 5.41) is 9.72. The van der Waals surface area contributed by atoms with Gasteiger partial charge in [-0.15, -0.1) is 0 Å². The van der Waals surface area contributed by atoms with Gasteiger partial charge in [0.05, 0.1) is 30.8 Å². The van der Waals surface area contributed by atoms with Crippen LogP contribution in [0.3, 0.4) is 0 Å². The number of carbonyl (C=O) groups excluding carboxylic acids is 2. The molecule has 1 atom stereocenters. The third-order valence-electron chi connectivity index (χ3n) is 5.19. The van der Waals surface area contributed by atoms with E-state index >= 15 is 0 Å². The zero-order valence-corrected chi connectivity index (χ0v) is 19.0. The van der Waals surface area contributed by atoms with Crippen LogP contribution in [0.2, 0.25) is 0 Å². The molecule has 2 aliphatic heterocycles. The second-order valence-corrected chi connectivity index (χ2v) is 8.82. The Hall–Kier alpha value is -2.84. The van der Waals surface area contributed by atoms with Gasteiger partial charge in [-0.2, -0.15) is 11.3 Å². The number of fused-ring (bicyclic) bond motifs is 1. The fourth-order valence-electron chi connectivity index (χ4n) is 3.70. The fraction of sp³-hybridized carbons (Fsp3) is 0.261. The van der Waals surface area contributed by atoms with E-state index < -0.39 is 5.97 Å². The normalized spacial score (nSPS) is 17.7. The lowest BCUT2D eigenvalue weighted by Crippen LogP contribution is -2.38. The highest BCUT2D eigenvalue weighted by Gasteiger charge is 2.41. The average molecular weight is 454 g/mol. The number of esters is 1. The highest BCUT2D eigenvalue weighted by molar-refractivity contribution is 8.16. The Balaban J connectivity index is 1.50. The quantitative estimate of drug-likeness (QED) is 0.635. The summed E-state index contributed by atoms with van der Waals surface area (Å²) in [5.74, 6) is -0.459. The minimum atomic E-state index is -0.403. The number of amides is 1. The van der Waals surface area contributed by atoms with E-state index in [1.807, 2.05) is 64.4 Å². The number of rotatable bonds is 7. The summed E-state index contributed by atoms with van der Waals surface area (Å²) >= 11 is 3.04. The molecule has 0 radical (unpaired) electrons. The molecule has 160 valence electrons. The third kappa shape index (κ3) is 4.60. The van der Waals surface area contributed by atoms with Crippen LogP contribution >= 0.6 is 23.1 Å². The van der Waals surface area contributed by atoms with Crippen molar-refractivity contribution in [2.24, 2.45) is 4.99 Å². The molecule has 6 nitrogen and oxygen atoms in total. The van der Waals surface area contributed by atoms with Crippen LogP contribution in [0.15, 0.2) is 74.5 Å². The molecular weight excluding hydrogens is 430 g/mol. The van der Waals surface area contributed by atoms with Crippen molar-refractivity contribution in [1.82, 2.24) is 10.2 Å². The molecule has 1 aromatic heterocycles. The van der Waals surface area contributed by atoms with Crippen LogP contribution in [-0.4, -0.2) is 35.6 Å². The van der Waals surface area contributed by atoms with Crippen molar-refractivity contribution in [2.75, 3.05) is 13.7 Å². The van der Waals surface area contributed by atoms with Crippen molar-refractivity contribution in [3.05, 3.63) is 80.7 Å². The summed E-state index contributed by atoms with van der Waals surface area (Å²) in [6.45, 7) is 2.40. The second kappa shape index (κ2) is 9.53. The van der Waals surface area contributed by atoms with E-state index in [1.165, 1.54) is 24.4 Å². The van der Waals surface area contributed by atoms with Gasteiger partial charge in [-0.3, -0.25) is 4.79 Å². The maximum atomic E-state index is 12.7. The Bertz CT molecular complexity index is 1060. The smallest absolute Gasteiger partial charge is 0.338 e. The summed E-state index contributed by atoms with van der Waals surface area (Å²) in [4.78, 5) is 31.9. The number of thioether (sulfide) groups is 1. The first-order chi connectivity index (χ1) is 15.1. The summed E-state index contributed by atoms with van der Waals surface area (Å²) in [7, 11) is 1.38. The van der Waals surface area contributed by atoms with Crippen molar-refractivity contribution < 1.29 is 14.3 Å². The molecule has 31 heavy (non-hydrogen) atoms. The SMILES string of the molecule is COC(=O)C1=C(C)N=C2SC=C(CC(=O)NCCc3ccccc3)N2C1c1ccsc1. The van der Waals surface area contributed by atoms with E-state index in [1.54, 1.807) is 11.3 Å². The Morgan fingerprint density at radius 2 is 2.03 bits per heavy atom. The number of methoxy groups -OCH3 is 1. The lowest BCUT2D eigenvalue weighted by Gasteiger charge is -2.35. The van der Waals surface area contributed by atoms with Gasteiger partial charge >= 0.3 is 5.97 Å². The first-order valence-electron chi connectivity index (χ1n) is 9.94. The predicted octanol–water partition coefficient (Wildman–Crippen LogP) is 4.25. The number of amidine groups is 1. The van der Waals surface area contributed by atoms with Gasteiger partial charge < -0.3 is 15.0 Å². The Labute approximate surface area is 189 Å². The molecule has 0 spiro atoms. The van der Waals surface area contributed by atoms with Crippen molar-refractivity contribution in [2.45, 2.75) is 25.8 Å². The Kier molecular flexibility index (Phi) is 6.58. The minimum absolute atomic E-state index is 0.0565. The van der Waals surface area contributed by atoms with Crippen molar-refractivity contribution in [3.63, 3.8) is 0 Å². The summed E-state index contributed by atoms with van der Waals surface area (Å²) < 4.78 is 5.05. The predicted molar refractivity (Wildman–Crippen MR) is 124 cm³/mol. The lowest BCUT2D eigenvalue weighted by molar-refractivity contribution is -0.136. The minimum Gasteiger partial charge on any atom is -0.466 e. The number of allylic oxidation sites excluding steroid dienone is 1. The van der Waals surface area contributed by atoms with E-state index in [4.69, 9.17) is 4.74 Å². The first-order valence-corrected chi connectivity index (χ1v) is 11.8. The van der Waals surface area contributed by atoms with Gasteiger partial charge in [-0.05, 0) is 46.7 Å². The molecule has 0 saturated carbocycles. The maximum Gasteiger partial charge on any atom is 0.338 e. The van der Waals surface area contributed by atoms with Gasteiger partial charge in [0.2, 0.25) is 5.91 Å². The van der Waals surface area contributed by atoms with Crippen molar-refractivity contribution >= 4 is 40.1 Å². The summed E-state index contributed by atoms with van der Waals surface area (Å²) in [6.07, 6.45) is 0.998. The zero-order chi connectivity index (χ0) is 21.8. The molecule has 1 N–H and O–H groups in total. The van der Waals surface area contributed by atoms with Gasteiger partial charge in [-0.1, -0.05) is 42.1 Å². The first kappa shape index (κ1) is 21.4. The van der Waals surface area contributed by atoms with Crippen molar-refractivity contribution in [1.29, 1.82) is 0 Å². The Morgan fingerprint density at radius 3 is 2.74 bits per heavy atom. The van der Waals surface area contributed by atoms with Crippen LogP contribution in [0.1, 0.15) is 30.5 Å². The van der Waals surface area contributed by atoms with Gasteiger partial charge in [0.15, 0.2) is 5.17 Å². The summed E-state index contributed by atoms with van der Waals surface area (Å²) in [6, 6.07) is 11.7. The molecular formula is C23H23N3O3S2. The van der Waals surface area contributed by atoms with E-state index in [9.17, 15) is 9.59 Å². The largest absolute Gasteiger partial charge is 0.466 e. The average Bonchev–Trinajstić information content (AvgIpc) is 3.44. The molecule has 1 unspecified atom stereocenters. The van der Waals surface area contributed by atoms with Crippen LogP contribution in [0.5, 0.6) is 0 Å². The van der Waals surface area contributed by atoms with Gasteiger partial charge in [0, 0.05) is 12.2 Å². The number of hydrogen-bond donors (Lipinski definition) is 1. The third-order valence-corrected chi connectivity index (χ3v) is 6.78. The van der Waals surface area contributed by atoms with Gasteiger partial charge in [0.25, 0.3) is 0 Å². The van der Waals surface area contributed by atoms with E-state index in [-0.39, 0.29) is 18.4 Å².